The van der Waals surface area contributed by atoms with E-state index in [1.807, 2.05) is 4.90 Å². The molecule has 2 aliphatic rings. The molecule has 0 spiro atoms. The van der Waals surface area contributed by atoms with Crippen molar-refractivity contribution in [1.29, 1.82) is 0 Å². The van der Waals surface area contributed by atoms with Crippen molar-refractivity contribution in [2.45, 2.75) is 32.2 Å². The predicted molar refractivity (Wildman–Crippen MR) is 72.7 cm³/mol. The van der Waals surface area contributed by atoms with Crippen LogP contribution in [0.15, 0.2) is 0 Å². The van der Waals surface area contributed by atoms with Gasteiger partial charge < -0.3 is 20.4 Å². The van der Waals surface area contributed by atoms with Gasteiger partial charge in [0.1, 0.15) is 0 Å². The van der Waals surface area contributed by atoms with Crippen molar-refractivity contribution < 1.29 is 4.79 Å². The van der Waals surface area contributed by atoms with Crippen LogP contribution in [0.4, 0.5) is 4.79 Å². The average Bonchev–Trinajstić information content (AvgIpc) is 2.81. The number of nitrogens with one attached hydrogen (secondary N) is 2. The molecule has 2 fully saturated rings. The van der Waals surface area contributed by atoms with E-state index in [0.717, 1.165) is 45.8 Å². The van der Waals surface area contributed by atoms with Crippen LogP contribution in [0.5, 0.6) is 0 Å². The topological polar surface area (TPSA) is 47.6 Å². The number of piperidine rings is 1. The van der Waals surface area contributed by atoms with Gasteiger partial charge >= 0.3 is 6.03 Å². The van der Waals surface area contributed by atoms with Crippen LogP contribution in [0.25, 0.3) is 0 Å². The molecule has 0 radical (unpaired) electrons. The molecule has 5 heteroatoms. The molecule has 2 saturated heterocycles. The number of amides is 2. The van der Waals surface area contributed by atoms with Crippen molar-refractivity contribution >= 4 is 6.03 Å². The summed E-state index contributed by atoms with van der Waals surface area (Å²) in [5.41, 5.74) is 0. The maximum absolute atomic E-state index is 11.4. The summed E-state index contributed by atoms with van der Waals surface area (Å²) in [6, 6.07) is 0.743. The summed E-state index contributed by atoms with van der Waals surface area (Å²) in [5.74, 6) is 0. The molecule has 1 unspecified atom stereocenters. The summed E-state index contributed by atoms with van der Waals surface area (Å²) in [4.78, 5) is 15.8. The Balaban J connectivity index is 1.69. The van der Waals surface area contributed by atoms with Crippen molar-refractivity contribution in [1.82, 2.24) is 20.4 Å². The molecule has 0 aromatic rings. The molecule has 2 aliphatic heterocycles. The highest BCUT2D eigenvalue weighted by Gasteiger charge is 2.21. The number of likely N-dealkylation sites (N-methyl/N-ethyl adjacent to an activating group) is 1. The molecule has 5 nitrogen and oxygen atoms in total. The third-order valence-electron chi connectivity index (χ3n) is 3.97. The zero-order valence-electron chi connectivity index (χ0n) is 11.5. The molecule has 0 saturated carbocycles. The molecule has 0 aliphatic carbocycles. The average molecular weight is 254 g/mol. The molecule has 2 N–H and O–H groups in total. The fraction of sp³-hybridized carbons (Fsp3) is 0.923. The first-order chi connectivity index (χ1) is 8.79. The van der Waals surface area contributed by atoms with Crippen LogP contribution < -0.4 is 10.6 Å². The van der Waals surface area contributed by atoms with Crippen molar-refractivity contribution in [2.75, 3.05) is 45.8 Å². The third kappa shape index (κ3) is 3.85. The lowest BCUT2D eigenvalue weighted by molar-refractivity contribution is 0.192. The first-order valence-electron chi connectivity index (χ1n) is 7.28. The van der Waals surface area contributed by atoms with Crippen molar-refractivity contribution in [3.63, 3.8) is 0 Å². The van der Waals surface area contributed by atoms with Gasteiger partial charge in [0.05, 0.1) is 0 Å². The van der Waals surface area contributed by atoms with Gasteiger partial charge in [0, 0.05) is 38.8 Å². The summed E-state index contributed by atoms with van der Waals surface area (Å²) < 4.78 is 0. The van der Waals surface area contributed by atoms with Crippen LogP contribution in [0.2, 0.25) is 0 Å². The lowest BCUT2D eigenvalue weighted by Crippen LogP contribution is -2.46. The van der Waals surface area contributed by atoms with Crippen LogP contribution in [0.3, 0.4) is 0 Å². The Labute approximate surface area is 110 Å². The Morgan fingerprint density at radius 3 is 2.89 bits per heavy atom. The number of carbonyl (C=O) groups excluding carboxylic acids is 1. The molecule has 104 valence electrons. The Kier molecular flexibility index (Phi) is 5.26. The molecule has 0 aromatic carbocycles. The van der Waals surface area contributed by atoms with Gasteiger partial charge in [-0.1, -0.05) is 13.3 Å². The molecule has 0 bridgehead atoms. The van der Waals surface area contributed by atoms with E-state index in [1.165, 1.54) is 19.3 Å². The van der Waals surface area contributed by atoms with Crippen LogP contribution in [-0.4, -0.2) is 67.7 Å². The van der Waals surface area contributed by atoms with E-state index >= 15 is 0 Å². The van der Waals surface area contributed by atoms with Crippen molar-refractivity contribution in [3.05, 3.63) is 0 Å². The number of nitrogens with zero attached hydrogens (tertiary/aromatic N) is 2. The van der Waals surface area contributed by atoms with E-state index in [2.05, 4.69) is 22.5 Å². The Morgan fingerprint density at radius 1 is 1.39 bits per heavy atom. The lowest BCUT2D eigenvalue weighted by Gasteiger charge is -2.30. The molecule has 0 aromatic heterocycles. The largest absolute Gasteiger partial charge is 0.336 e. The van der Waals surface area contributed by atoms with E-state index in [-0.39, 0.29) is 6.03 Å². The Hall–Kier alpha value is -0.810. The Bertz CT molecular complexity index is 266. The first kappa shape index (κ1) is 13.6. The van der Waals surface area contributed by atoms with E-state index in [9.17, 15) is 4.79 Å². The minimum atomic E-state index is 0.0989. The minimum Gasteiger partial charge on any atom is -0.336 e. The molecule has 2 rings (SSSR count). The zero-order chi connectivity index (χ0) is 12.8. The van der Waals surface area contributed by atoms with Crippen LogP contribution in [-0.2, 0) is 0 Å². The molecule has 2 amide bonds. The molecule has 18 heavy (non-hydrogen) atoms. The summed E-state index contributed by atoms with van der Waals surface area (Å²) in [6.07, 6.45) is 3.96. The maximum atomic E-state index is 11.4. The van der Waals surface area contributed by atoms with E-state index < -0.39 is 0 Å². The van der Waals surface area contributed by atoms with E-state index in [1.54, 1.807) is 0 Å². The number of urea groups is 1. The number of rotatable bonds is 6. The van der Waals surface area contributed by atoms with Crippen LogP contribution in [0.1, 0.15) is 26.2 Å². The second-order valence-electron chi connectivity index (χ2n) is 5.26. The SMILES string of the molecule is CCN(CCN1CCNC1=O)CC1CCCCN1. The molecular weight excluding hydrogens is 228 g/mol. The standard InChI is InChI=1S/C13H26N4O/c1-2-16(11-12-5-3-4-6-14-12)9-10-17-8-7-15-13(17)18/h12,14H,2-11H2,1H3,(H,15,18). The van der Waals surface area contributed by atoms with Gasteiger partial charge in [0.15, 0.2) is 0 Å². The van der Waals surface area contributed by atoms with Gasteiger partial charge in [0.2, 0.25) is 0 Å². The van der Waals surface area contributed by atoms with E-state index in [4.69, 9.17) is 0 Å². The van der Waals surface area contributed by atoms with E-state index in [0.29, 0.717) is 6.04 Å². The second-order valence-corrected chi connectivity index (χ2v) is 5.26. The fourth-order valence-electron chi connectivity index (χ4n) is 2.76. The molecule has 2 heterocycles. The number of hydrogen-bond acceptors (Lipinski definition) is 3. The Morgan fingerprint density at radius 2 is 2.28 bits per heavy atom. The maximum Gasteiger partial charge on any atom is 0.317 e. The van der Waals surface area contributed by atoms with Crippen LogP contribution >= 0.6 is 0 Å². The normalized spacial score (nSPS) is 24.7. The highest BCUT2D eigenvalue weighted by atomic mass is 16.2. The first-order valence-corrected chi connectivity index (χ1v) is 7.28. The second kappa shape index (κ2) is 6.95. The van der Waals surface area contributed by atoms with Gasteiger partial charge in [-0.05, 0) is 25.9 Å². The monoisotopic (exact) mass is 254 g/mol. The van der Waals surface area contributed by atoms with Crippen LogP contribution in [0, 0.1) is 0 Å². The van der Waals surface area contributed by atoms with Gasteiger partial charge in [0.25, 0.3) is 0 Å². The molecular formula is C13H26N4O. The number of carbonyl (C=O) groups is 1. The summed E-state index contributed by atoms with van der Waals surface area (Å²) in [5, 5.41) is 6.43. The fourth-order valence-corrected chi connectivity index (χ4v) is 2.76. The minimum absolute atomic E-state index is 0.0989. The van der Waals surface area contributed by atoms with Crippen molar-refractivity contribution in [2.24, 2.45) is 0 Å². The highest BCUT2D eigenvalue weighted by molar-refractivity contribution is 5.76. The summed E-state index contributed by atoms with van der Waals surface area (Å²) in [6.45, 7) is 9.05. The zero-order valence-corrected chi connectivity index (χ0v) is 11.5. The van der Waals surface area contributed by atoms with Gasteiger partial charge in [-0.25, -0.2) is 4.79 Å². The summed E-state index contributed by atoms with van der Waals surface area (Å²) in [7, 11) is 0. The third-order valence-corrected chi connectivity index (χ3v) is 3.97. The predicted octanol–water partition coefficient (Wildman–Crippen LogP) is 0.476. The molecule has 1 atom stereocenters. The van der Waals surface area contributed by atoms with Gasteiger partial charge in [-0.2, -0.15) is 0 Å². The van der Waals surface area contributed by atoms with Gasteiger partial charge in [-0.3, -0.25) is 0 Å². The summed E-state index contributed by atoms with van der Waals surface area (Å²) >= 11 is 0. The van der Waals surface area contributed by atoms with Gasteiger partial charge in [-0.15, -0.1) is 0 Å². The highest BCUT2D eigenvalue weighted by Crippen LogP contribution is 2.08. The van der Waals surface area contributed by atoms with Crippen molar-refractivity contribution in [3.8, 4) is 0 Å². The smallest absolute Gasteiger partial charge is 0.317 e. The lowest BCUT2D eigenvalue weighted by atomic mass is 10.0. The quantitative estimate of drug-likeness (QED) is 0.724. The number of hydrogen-bond donors (Lipinski definition) is 2.